The number of hydrogen-bond acceptors (Lipinski definition) is 4. The highest BCUT2D eigenvalue weighted by Gasteiger charge is 2.17. The summed E-state index contributed by atoms with van der Waals surface area (Å²) in [4.78, 5) is 4.09. The number of hydrogen-bond donors (Lipinski definition) is 1. The molecule has 84 valence electrons. The minimum atomic E-state index is -0.453. The molecule has 0 fully saturated rings. The number of nitrogens with zero attached hydrogens (tertiary/aromatic N) is 2. The number of nitrogens with two attached hydrogens (primary N) is 1. The zero-order valence-corrected chi connectivity index (χ0v) is 10.8. The van der Waals surface area contributed by atoms with Crippen molar-refractivity contribution in [1.82, 2.24) is 10.1 Å². The molecule has 0 bridgehead atoms. The van der Waals surface area contributed by atoms with E-state index in [1.54, 1.807) is 19.1 Å². The molecule has 1 atom stereocenters. The third kappa shape index (κ3) is 2.26. The second-order valence-electron chi connectivity index (χ2n) is 3.32. The summed E-state index contributed by atoms with van der Waals surface area (Å²) in [6.45, 7) is 1.72. The second-order valence-corrected chi connectivity index (χ2v) is 4.61. The van der Waals surface area contributed by atoms with Gasteiger partial charge in [0.2, 0.25) is 5.89 Å². The van der Waals surface area contributed by atoms with Gasteiger partial charge in [0.15, 0.2) is 5.82 Å². The lowest BCUT2D eigenvalue weighted by molar-refractivity contribution is 0.385. The maximum absolute atomic E-state index is 6.03. The van der Waals surface area contributed by atoms with Crippen LogP contribution in [-0.4, -0.2) is 10.1 Å². The molecule has 0 aliphatic rings. The monoisotopic (exact) mass is 301 g/mol. The summed E-state index contributed by atoms with van der Waals surface area (Å²) in [7, 11) is 0. The molecule has 1 aromatic heterocycles. The quantitative estimate of drug-likeness (QED) is 0.926. The van der Waals surface area contributed by atoms with Crippen LogP contribution in [-0.2, 0) is 0 Å². The van der Waals surface area contributed by atoms with Crippen LogP contribution in [0.3, 0.4) is 0 Å². The third-order valence-corrected chi connectivity index (χ3v) is 3.07. The molecule has 0 saturated carbocycles. The fourth-order valence-corrected chi connectivity index (χ4v) is 2.01. The zero-order valence-electron chi connectivity index (χ0n) is 8.45. The van der Waals surface area contributed by atoms with E-state index in [1.807, 2.05) is 6.07 Å². The summed E-state index contributed by atoms with van der Waals surface area (Å²) in [6.07, 6.45) is 0. The molecule has 1 aromatic carbocycles. The van der Waals surface area contributed by atoms with E-state index >= 15 is 0 Å². The SMILES string of the molecule is Cc1nc(C(N)c2cc(Cl)ccc2Br)no1. The van der Waals surface area contributed by atoms with E-state index in [4.69, 9.17) is 21.9 Å². The Kier molecular flexibility index (Phi) is 3.28. The molecule has 0 radical (unpaired) electrons. The molecule has 0 spiro atoms. The Morgan fingerprint density at radius 2 is 2.25 bits per heavy atom. The van der Waals surface area contributed by atoms with Crippen LogP contribution in [0.15, 0.2) is 27.2 Å². The van der Waals surface area contributed by atoms with Crippen molar-refractivity contribution in [3.63, 3.8) is 0 Å². The van der Waals surface area contributed by atoms with Gasteiger partial charge in [-0.2, -0.15) is 4.98 Å². The first kappa shape index (κ1) is 11.6. The molecule has 2 rings (SSSR count). The Bertz CT molecular complexity index is 515. The van der Waals surface area contributed by atoms with Gasteiger partial charge in [-0.3, -0.25) is 0 Å². The average molecular weight is 303 g/mol. The molecule has 2 aromatic rings. The first-order valence-electron chi connectivity index (χ1n) is 4.58. The minimum Gasteiger partial charge on any atom is -0.340 e. The normalized spacial score (nSPS) is 12.8. The average Bonchev–Trinajstić information content (AvgIpc) is 2.67. The van der Waals surface area contributed by atoms with Crippen LogP contribution in [0.5, 0.6) is 0 Å². The number of halogens is 2. The Morgan fingerprint density at radius 1 is 1.50 bits per heavy atom. The number of benzene rings is 1. The number of aromatic nitrogens is 2. The van der Waals surface area contributed by atoms with Gasteiger partial charge in [-0.15, -0.1) is 0 Å². The zero-order chi connectivity index (χ0) is 11.7. The molecule has 2 N–H and O–H groups in total. The lowest BCUT2D eigenvalue weighted by Crippen LogP contribution is -2.14. The summed E-state index contributed by atoms with van der Waals surface area (Å²) in [5.74, 6) is 0.934. The van der Waals surface area contributed by atoms with Crippen LogP contribution in [0.1, 0.15) is 23.3 Å². The summed E-state index contributed by atoms with van der Waals surface area (Å²) in [5, 5.41) is 4.41. The van der Waals surface area contributed by atoms with Crippen LogP contribution >= 0.6 is 27.5 Å². The lowest BCUT2D eigenvalue weighted by atomic mass is 10.1. The molecule has 0 aliphatic heterocycles. The molecular weight excluding hydrogens is 293 g/mol. The fraction of sp³-hybridized carbons (Fsp3) is 0.200. The van der Waals surface area contributed by atoms with Crippen LogP contribution in [0.25, 0.3) is 0 Å². The highest BCUT2D eigenvalue weighted by Crippen LogP contribution is 2.28. The predicted molar refractivity (Wildman–Crippen MR) is 64.2 cm³/mol. The van der Waals surface area contributed by atoms with Crippen molar-refractivity contribution in [1.29, 1.82) is 0 Å². The highest BCUT2D eigenvalue weighted by molar-refractivity contribution is 9.10. The molecule has 1 heterocycles. The minimum absolute atomic E-state index is 0.445. The lowest BCUT2D eigenvalue weighted by Gasteiger charge is -2.10. The van der Waals surface area contributed by atoms with E-state index in [0.29, 0.717) is 16.7 Å². The standard InChI is InChI=1S/C10H9BrClN3O/c1-5-14-10(15-16-5)9(13)7-4-6(12)2-3-8(7)11/h2-4,9H,13H2,1H3. The molecule has 4 nitrogen and oxygen atoms in total. The molecule has 0 saturated heterocycles. The van der Waals surface area contributed by atoms with Gasteiger partial charge in [0, 0.05) is 16.4 Å². The Balaban J connectivity index is 2.40. The summed E-state index contributed by atoms with van der Waals surface area (Å²) in [5.41, 5.74) is 6.85. The third-order valence-electron chi connectivity index (χ3n) is 2.11. The van der Waals surface area contributed by atoms with E-state index in [1.165, 1.54) is 0 Å². The van der Waals surface area contributed by atoms with Gasteiger partial charge in [-0.25, -0.2) is 0 Å². The van der Waals surface area contributed by atoms with Gasteiger partial charge in [-0.1, -0.05) is 32.7 Å². The molecule has 0 amide bonds. The Morgan fingerprint density at radius 3 is 2.88 bits per heavy atom. The molecule has 1 unspecified atom stereocenters. The van der Waals surface area contributed by atoms with Gasteiger partial charge < -0.3 is 10.3 Å². The van der Waals surface area contributed by atoms with Crippen LogP contribution in [0, 0.1) is 6.92 Å². The van der Waals surface area contributed by atoms with Gasteiger partial charge in [0.25, 0.3) is 0 Å². The van der Waals surface area contributed by atoms with Crippen molar-refractivity contribution in [2.75, 3.05) is 0 Å². The number of aryl methyl sites for hydroxylation is 1. The molecular formula is C10H9BrClN3O. The van der Waals surface area contributed by atoms with E-state index in [9.17, 15) is 0 Å². The van der Waals surface area contributed by atoms with Crippen molar-refractivity contribution in [2.24, 2.45) is 5.73 Å². The van der Waals surface area contributed by atoms with E-state index in [2.05, 4.69) is 26.1 Å². The molecule has 16 heavy (non-hydrogen) atoms. The van der Waals surface area contributed by atoms with Gasteiger partial charge in [-0.05, 0) is 23.8 Å². The van der Waals surface area contributed by atoms with Crippen molar-refractivity contribution in [3.05, 3.63) is 45.0 Å². The van der Waals surface area contributed by atoms with E-state index in [0.717, 1.165) is 10.0 Å². The van der Waals surface area contributed by atoms with Gasteiger partial charge in [0.05, 0.1) is 6.04 Å². The van der Waals surface area contributed by atoms with Gasteiger partial charge >= 0.3 is 0 Å². The van der Waals surface area contributed by atoms with Crippen LogP contribution in [0.4, 0.5) is 0 Å². The fourth-order valence-electron chi connectivity index (χ4n) is 1.33. The van der Waals surface area contributed by atoms with E-state index < -0.39 is 6.04 Å². The maximum Gasteiger partial charge on any atom is 0.223 e. The first-order chi connectivity index (χ1) is 7.58. The molecule has 6 heteroatoms. The first-order valence-corrected chi connectivity index (χ1v) is 5.76. The molecule has 0 aliphatic carbocycles. The predicted octanol–water partition coefficient (Wildman–Crippen LogP) is 2.84. The van der Waals surface area contributed by atoms with Crippen molar-refractivity contribution >= 4 is 27.5 Å². The summed E-state index contributed by atoms with van der Waals surface area (Å²) < 4.78 is 5.76. The van der Waals surface area contributed by atoms with E-state index in [-0.39, 0.29) is 0 Å². The van der Waals surface area contributed by atoms with Crippen LogP contribution in [0.2, 0.25) is 5.02 Å². The summed E-state index contributed by atoms with van der Waals surface area (Å²) >= 11 is 9.32. The largest absolute Gasteiger partial charge is 0.340 e. The van der Waals surface area contributed by atoms with Crippen molar-refractivity contribution in [3.8, 4) is 0 Å². The number of rotatable bonds is 2. The van der Waals surface area contributed by atoms with Crippen molar-refractivity contribution < 1.29 is 4.52 Å². The highest BCUT2D eigenvalue weighted by atomic mass is 79.9. The topological polar surface area (TPSA) is 64.9 Å². The Labute approximate surface area is 106 Å². The second kappa shape index (κ2) is 4.53. The Hall–Kier alpha value is -0.910. The van der Waals surface area contributed by atoms with Gasteiger partial charge in [0.1, 0.15) is 0 Å². The van der Waals surface area contributed by atoms with Crippen molar-refractivity contribution in [2.45, 2.75) is 13.0 Å². The smallest absolute Gasteiger partial charge is 0.223 e. The summed E-state index contributed by atoms with van der Waals surface area (Å²) in [6, 6.07) is 4.95. The maximum atomic E-state index is 6.03. The van der Waals surface area contributed by atoms with Crippen LogP contribution < -0.4 is 5.73 Å².